The summed E-state index contributed by atoms with van der Waals surface area (Å²) in [7, 11) is 0. The van der Waals surface area contributed by atoms with E-state index in [9.17, 15) is 9.59 Å². The molecule has 1 heterocycles. The number of hydrogen-bond acceptors (Lipinski definition) is 3. The highest BCUT2D eigenvalue weighted by molar-refractivity contribution is 5.94. The third-order valence-corrected chi connectivity index (χ3v) is 2.92. The number of amides is 1. The number of aromatic nitrogens is 1. The second-order valence-corrected chi connectivity index (χ2v) is 4.88. The van der Waals surface area contributed by atoms with E-state index in [1.54, 1.807) is 6.92 Å². The summed E-state index contributed by atoms with van der Waals surface area (Å²) < 4.78 is 5.34. The van der Waals surface area contributed by atoms with Gasteiger partial charge in [-0.25, -0.2) is 0 Å². The largest absolute Gasteiger partial charge is 0.380 e. The summed E-state index contributed by atoms with van der Waals surface area (Å²) >= 11 is 0. The first kappa shape index (κ1) is 15.4. The van der Waals surface area contributed by atoms with Gasteiger partial charge < -0.3 is 15.0 Å². The summed E-state index contributed by atoms with van der Waals surface area (Å²) in [6.45, 7) is 8.74. The lowest BCUT2D eigenvalue weighted by atomic mass is 10.0. The van der Waals surface area contributed by atoms with E-state index in [1.165, 1.54) is 12.3 Å². The maximum atomic E-state index is 12.1. The minimum atomic E-state index is -0.361. The maximum absolute atomic E-state index is 12.1. The zero-order valence-electron chi connectivity index (χ0n) is 11.9. The molecular weight excluding hydrogens is 244 g/mol. The molecule has 1 aromatic heterocycles. The minimum absolute atomic E-state index is 0.104. The Morgan fingerprint density at radius 3 is 2.68 bits per heavy atom. The Kier molecular flexibility index (Phi) is 5.76. The average Bonchev–Trinajstić information content (AvgIpc) is 2.33. The van der Waals surface area contributed by atoms with Crippen molar-refractivity contribution in [2.45, 2.75) is 33.7 Å². The number of ether oxygens (including phenoxy) is 1. The Hall–Kier alpha value is -1.62. The number of pyridine rings is 1. The van der Waals surface area contributed by atoms with E-state index in [-0.39, 0.29) is 28.9 Å². The Morgan fingerprint density at radius 1 is 1.47 bits per heavy atom. The van der Waals surface area contributed by atoms with Gasteiger partial charge >= 0.3 is 0 Å². The molecule has 5 heteroatoms. The molecule has 1 amide bonds. The number of rotatable bonds is 6. The second-order valence-electron chi connectivity index (χ2n) is 4.88. The van der Waals surface area contributed by atoms with Crippen molar-refractivity contribution in [2.75, 3.05) is 13.2 Å². The topological polar surface area (TPSA) is 71.2 Å². The predicted octanol–water partition coefficient (Wildman–Crippen LogP) is 1.47. The van der Waals surface area contributed by atoms with Crippen molar-refractivity contribution >= 4 is 5.91 Å². The molecule has 1 aromatic rings. The van der Waals surface area contributed by atoms with Crippen LogP contribution in [0.4, 0.5) is 0 Å². The molecule has 0 aliphatic carbocycles. The highest BCUT2D eigenvalue weighted by Crippen LogP contribution is 2.04. The van der Waals surface area contributed by atoms with Gasteiger partial charge in [-0.2, -0.15) is 0 Å². The molecule has 106 valence electrons. The molecular formula is C14H22N2O3. The third-order valence-electron chi connectivity index (χ3n) is 2.92. The zero-order chi connectivity index (χ0) is 14.4. The van der Waals surface area contributed by atoms with Crippen LogP contribution in [0.5, 0.6) is 0 Å². The summed E-state index contributed by atoms with van der Waals surface area (Å²) in [5.41, 5.74) is 0.594. The van der Waals surface area contributed by atoms with Gasteiger partial charge in [0.2, 0.25) is 0 Å². The van der Waals surface area contributed by atoms with Crippen LogP contribution in [0.15, 0.2) is 17.1 Å². The van der Waals surface area contributed by atoms with E-state index in [4.69, 9.17) is 4.74 Å². The number of H-pyrrole nitrogens is 1. The van der Waals surface area contributed by atoms with Crippen LogP contribution >= 0.6 is 0 Å². The van der Waals surface area contributed by atoms with E-state index in [2.05, 4.69) is 10.3 Å². The maximum Gasteiger partial charge on any atom is 0.257 e. The van der Waals surface area contributed by atoms with Gasteiger partial charge in [-0.3, -0.25) is 9.59 Å². The molecule has 0 radical (unpaired) electrons. The molecule has 0 aliphatic heterocycles. The van der Waals surface area contributed by atoms with Gasteiger partial charge in [-0.05, 0) is 19.8 Å². The van der Waals surface area contributed by atoms with E-state index >= 15 is 0 Å². The van der Waals surface area contributed by atoms with Crippen LogP contribution in [0.2, 0.25) is 0 Å². The smallest absolute Gasteiger partial charge is 0.257 e. The molecule has 5 nitrogen and oxygen atoms in total. The number of aromatic amines is 1. The van der Waals surface area contributed by atoms with Gasteiger partial charge in [-0.1, -0.05) is 13.8 Å². The van der Waals surface area contributed by atoms with Gasteiger partial charge in [-0.15, -0.1) is 0 Å². The molecule has 0 saturated heterocycles. The molecule has 19 heavy (non-hydrogen) atoms. The van der Waals surface area contributed by atoms with Gasteiger partial charge in [0.25, 0.3) is 5.91 Å². The third kappa shape index (κ3) is 4.52. The van der Waals surface area contributed by atoms with Crippen LogP contribution in [-0.2, 0) is 4.74 Å². The molecule has 2 N–H and O–H groups in total. The van der Waals surface area contributed by atoms with Crippen molar-refractivity contribution in [3.05, 3.63) is 33.7 Å². The fourth-order valence-corrected chi connectivity index (χ4v) is 1.64. The SMILES string of the molecule is CCOCC(NC(=O)c1c[nH]c(C)cc1=O)C(C)C. The van der Waals surface area contributed by atoms with Gasteiger partial charge in [0.1, 0.15) is 5.56 Å². The predicted molar refractivity (Wildman–Crippen MR) is 74.4 cm³/mol. The highest BCUT2D eigenvalue weighted by atomic mass is 16.5. The Balaban J connectivity index is 2.79. The van der Waals surface area contributed by atoms with Gasteiger partial charge in [0.15, 0.2) is 5.43 Å². The molecule has 0 aliphatic rings. The second kappa shape index (κ2) is 7.09. The summed E-state index contributed by atoms with van der Waals surface area (Å²) in [5.74, 6) is -0.125. The van der Waals surface area contributed by atoms with Gasteiger partial charge in [0, 0.05) is 24.6 Å². The first-order valence-corrected chi connectivity index (χ1v) is 6.53. The van der Waals surface area contributed by atoms with Crippen molar-refractivity contribution in [2.24, 2.45) is 5.92 Å². The molecule has 1 unspecified atom stereocenters. The molecule has 1 atom stereocenters. The molecule has 0 fully saturated rings. The standard InChI is InChI=1S/C14H22N2O3/c1-5-19-8-12(9(2)3)16-14(18)11-7-15-10(4)6-13(11)17/h6-7,9,12H,5,8H2,1-4H3,(H,15,17)(H,16,18). The fourth-order valence-electron chi connectivity index (χ4n) is 1.64. The van der Waals surface area contributed by atoms with E-state index in [0.29, 0.717) is 13.2 Å². The molecule has 0 spiro atoms. The lowest BCUT2D eigenvalue weighted by molar-refractivity contribution is 0.0805. The van der Waals surface area contributed by atoms with Crippen LogP contribution in [0, 0.1) is 12.8 Å². The number of carbonyl (C=O) groups excluding carboxylic acids is 1. The van der Waals surface area contributed by atoms with Crippen LogP contribution in [-0.4, -0.2) is 30.1 Å². The monoisotopic (exact) mass is 266 g/mol. The number of aryl methyl sites for hydroxylation is 1. The van der Waals surface area contributed by atoms with Crippen molar-refractivity contribution in [1.29, 1.82) is 0 Å². The minimum Gasteiger partial charge on any atom is -0.380 e. The zero-order valence-corrected chi connectivity index (χ0v) is 11.9. The van der Waals surface area contributed by atoms with Crippen LogP contribution in [0.25, 0.3) is 0 Å². The molecule has 0 saturated carbocycles. The normalized spacial score (nSPS) is 12.5. The Bertz CT molecular complexity index is 480. The molecule has 0 bridgehead atoms. The lowest BCUT2D eigenvalue weighted by Crippen LogP contribution is -2.43. The summed E-state index contributed by atoms with van der Waals surface area (Å²) in [5, 5.41) is 2.84. The van der Waals surface area contributed by atoms with Crippen molar-refractivity contribution in [3.8, 4) is 0 Å². The fraction of sp³-hybridized carbons (Fsp3) is 0.571. The first-order valence-electron chi connectivity index (χ1n) is 6.53. The number of carbonyl (C=O) groups is 1. The van der Waals surface area contributed by atoms with Crippen molar-refractivity contribution in [1.82, 2.24) is 10.3 Å². The summed E-state index contributed by atoms with van der Waals surface area (Å²) in [6.07, 6.45) is 1.45. The van der Waals surface area contributed by atoms with Crippen molar-refractivity contribution in [3.63, 3.8) is 0 Å². The van der Waals surface area contributed by atoms with Crippen molar-refractivity contribution < 1.29 is 9.53 Å². The summed E-state index contributed by atoms with van der Waals surface area (Å²) in [6, 6.07) is 1.31. The average molecular weight is 266 g/mol. The quantitative estimate of drug-likeness (QED) is 0.819. The summed E-state index contributed by atoms with van der Waals surface area (Å²) in [4.78, 5) is 26.7. The van der Waals surface area contributed by atoms with E-state index < -0.39 is 0 Å². The highest BCUT2D eigenvalue weighted by Gasteiger charge is 2.18. The Labute approximate surface area is 113 Å². The van der Waals surface area contributed by atoms with Crippen LogP contribution in [0.1, 0.15) is 36.8 Å². The molecule has 1 rings (SSSR count). The van der Waals surface area contributed by atoms with Gasteiger partial charge in [0.05, 0.1) is 12.6 Å². The van der Waals surface area contributed by atoms with E-state index in [0.717, 1.165) is 5.69 Å². The number of hydrogen-bond donors (Lipinski definition) is 2. The van der Waals surface area contributed by atoms with Crippen LogP contribution in [0.3, 0.4) is 0 Å². The van der Waals surface area contributed by atoms with Crippen LogP contribution < -0.4 is 10.7 Å². The van der Waals surface area contributed by atoms with E-state index in [1.807, 2.05) is 20.8 Å². The Morgan fingerprint density at radius 2 is 2.16 bits per heavy atom. The number of nitrogens with one attached hydrogen (secondary N) is 2. The lowest BCUT2D eigenvalue weighted by Gasteiger charge is -2.22. The molecule has 0 aromatic carbocycles. The first-order chi connectivity index (χ1) is 8.95.